The summed E-state index contributed by atoms with van der Waals surface area (Å²) in [5, 5.41) is 15.6. The van der Waals surface area contributed by atoms with Crippen LogP contribution in [0.1, 0.15) is 25.2 Å². The van der Waals surface area contributed by atoms with Crippen LogP contribution in [0.3, 0.4) is 0 Å². The average Bonchev–Trinajstić information content (AvgIpc) is 3.09. The highest BCUT2D eigenvalue weighted by atomic mass is 16.5. The molecule has 0 saturated heterocycles. The van der Waals surface area contributed by atoms with Crippen LogP contribution in [0.4, 0.5) is 4.79 Å². The Morgan fingerprint density at radius 1 is 1.29 bits per heavy atom. The number of rotatable bonds is 7. The van der Waals surface area contributed by atoms with Crippen molar-refractivity contribution < 1.29 is 19.1 Å². The first-order chi connectivity index (χ1) is 11.4. The van der Waals surface area contributed by atoms with E-state index in [-0.39, 0.29) is 18.7 Å². The fraction of sp³-hybridized carbons (Fsp3) is 0.389. The standard InChI is InChI=1S/C18H24N2O4/c1-13-7-4-5-8-15(13)24-14(2)11-19-17(21)20-12-18(3,22)16-9-6-10-23-16/h4-10,14,22H,11-12H2,1-3H3,(H2,19,20,21). The summed E-state index contributed by atoms with van der Waals surface area (Å²) < 4.78 is 11.0. The third-order valence-electron chi connectivity index (χ3n) is 3.62. The number of carbonyl (C=O) groups is 1. The maximum Gasteiger partial charge on any atom is 0.315 e. The van der Waals surface area contributed by atoms with E-state index in [1.165, 1.54) is 6.26 Å². The van der Waals surface area contributed by atoms with Crippen LogP contribution < -0.4 is 15.4 Å². The first-order valence-corrected chi connectivity index (χ1v) is 7.89. The van der Waals surface area contributed by atoms with Gasteiger partial charge in [0.15, 0.2) is 0 Å². The van der Waals surface area contributed by atoms with Gasteiger partial charge in [0, 0.05) is 0 Å². The number of carbonyl (C=O) groups excluding carboxylic acids is 1. The zero-order chi connectivity index (χ0) is 17.6. The molecular formula is C18H24N2O4. The molecule has 3 N–H and O–H groups in total. The van der Waals surface area contributed by atoms with E-state index in [0.29, 0.717) is 12.3 Å². The molecule has 2 amide bonds. The quantitative estimate of drug-likeness (QED) is 0.727. The van der Waals surface area contributed by atoms with Gasteiger partial charge in [0.1, 0.15) is 23.2 Å². The zero-order valence-electron chi connectivity index (χ0n) is 14.2. The molecule has 6 nitrogen and oxygen atoms in total. The van der Waals surface area contributed by atoms with Crippen LogP contribution >= 0.6 is 0 Å². The van der Waals surface area contributed by atoms with E-state index in [1.807, 2.05) is 38.1 Å². The van der Waals surface area contributed by atoms with Crippen LogP contribution in [0, 0.1) is 6.92 Å². The maximum atomic E-state index is 11.9. The van der Waals surface area contributed by atoms with Gasteiger partial charge < -0.3 is 24.9 Å². The van der Waals surface area contributed by atoms with Crippen LogP contribution in [0.2, 0.25) is 0 Å². The highest BCUT2D eigenvalue weighted by molar-refractivity contribution is 5.73. The second kappa shape index (κ2) is 7.88. The van der Waals surface area contributed by atoms with Crippen molar-refractivity contribution in [3.05, 3.63) is 54.0 Å². The molecule has 0 aliphatic rings. The molecule has 0 radical (unpaired) electrons. The van der Waals surface area contributed by atoms with E-state index in [0.717, 1.165) is 11.3 Å². The van der Waals surface area contributed by atoms with Gasteiger partial charge in [-0.15, -0.1) is 0 Å². The number of aryl methyl sites for hydroxylation is 1. The summed E-state index contributed by atoms with van der Waals surface area (Å²) in [6.45, 7) is 5.82. The number of nitrogens with one attached hydrogen (secondary N) is 2. The molecule has 1 aromatic heterocycles. The van der Waals surface area contributed by atoms with Gasteiger partial charge in [0.25, 0.3) is 0 Å². The molecular weight excluding hydrogens is 308 g/mol. The first kappa shape index (κ1) is 17.9. The molecule has 2 unspecified atom stereocenters. The predicted molar refractivity (Wildman–Crippen MR) is 90.9 cm³/mol. The molecule has 0 fully saturated rings. The molecule has 6 heteroatoms. The third-order valence-corrected chi connectivity index (χ3v) is 3.62. The average molecular weight is 332 g/mol. The smallest absolute Gasteiger partial charge is 0.315 e. The van der Waals surface area contributed by atoms with E-state index < -0.39 is 5.60 Å². The van der Waals surface area contributed by atoms with Crippen molar-refractivity contribution in [1.82, 2.24) is 10.6 Å². The SMILES string of the molecule is Cc1ccccc1OC(C)CNC(=O)NCC(C)(O)c1ccco1. The number of furan rings is 1. The fourth-order valence-electron chi connectivity index (χ4n) is 2.17. The summed E-state index contributed by atoms with van der Waals surface area (Å²) in [7, 11) is 0. The minimum Gasteiger partial charge on any atom is -0.489 e. The Morgan fingerprint density at radius 3 is 2.71 bits per heavy atom. The van der Waals surface area contributed by atoms with Crippen molar-refractivity contribution in [2.75, 3.05) is 13.1 Å². The largest absolute Gasteiger partial charge is 0.489 e. The molecule has 1 aromatic carbocycles. The molecule has 0 aliphatic carbocycles. The van der Waals surface area contributed by atoms with Crippen molar-refractivity contribution in [2.45, 2.75) is 32.5 Å². The molecule has 0 aliphatic heterocycles. The Kier molecular flexibility index (Phi) is 5.87. The number of hydrogen-bond acceptors (Lipinski definition) is 4. The molecule has 24 heavy (non-hydrogen) atoms. The molecule has 0 saturated carbocycles. The molecule has 1 heterocycles. The van der Waals surface area contributed by atoms with Gasteiger partial charge in [-0.25, -0.2) is 4.79 Å². The van der Waals surface area contributed by atoms with Gasteiger partial charge in [0.05, 0.1) is 19.4 Å². The highest BCUT2D eigenvalue weighted by Crippen LogP contribution is 2.19. The lowest BCUT2D eigenvalue weighted by molar-refractivity contribution is 0.0367. The van der Waals surface area contributed by atoms with E-state index in [9.17, 15) is 9.90 Å². The second-order valence-electron chi connectivity index (χ2n) is 6.01. The van der Waals surface area contributed by atoms with Crippen molar-refractivity contribution in [3.63, 3.8) is 0 Å². The molecule has 2 aromatic rings. The van der Waals surface area contributed by atoms with Gasteiger partial charge in [-0.1, -0.05) is 18.2 Å². The number of benzene rings is 1. The van der Waals surface area contributed by atoms with Crippen molar-refractivity contribution >= 4 is 6.03 Å². The number of urea groups is 1. The summed E-state index contributed by atoms with van der Waals surface area (Å²) >= 11 is 0. The lowest BCUT2D eigenvalue weighted by Gasteiger charge is -2.22. The Hall–Kier alpha value is -2.47. The monoisotopic (exact) mass is 332 g/mol. The predicted octanol–water partition coefficient (Wildman–Crippen LogP) is 2.56. The Bertz CT molecular complexity index is 653. The van der Waals surface area contributed by atoms with E-state index in [1.54, 1.807) is 19.1 Å². The molecule has 0 bridgehead atoms. The maximum absolute atomic E-state index is 11.9. The lowest BCUT2D eigenvalue weighted by atomic mass is 10.0. The number of aliphatic hydroxyl groups is 1. The number of amides is 2. The van der Waals surface area contributed by atoms with E-state index >= 15 is 0 Å². The van der Waals surface area contributed by atoms with Crippen molar-refractivity contribution in [1.29, 1.82) is 0 Å². The van der Waals surface area contributed by atoms with Crippen LogP contribution in [-0.4, -0.2) is 30.3 Å². The number of para-hydroxylation sites is 1. The molecule has 2 atom stereocenters. The summed E-state index contributed by atoms with van der Waals surface area (Å²) in [4.78, 5) is 11.9. The topological polar surface area (TPSA) is 83.7 Å². The van der Waals surface area contributed by atoms with Crippen LogP contribution in [0.5, 0.6) is 5.75 Å². The van der Waals surface area contributed by atoms with Crippen LogP contribution in [0.15, 0.2) is 47.1 Å². The van der Waals surface area contributed by atoms with Crippen LogP contribution in [-0.2, 0) is 5.60 Å². The summed E-state index contributed by atoms with van der Waals surface area (Å²) in [5.74, 6) is 1.20. The number of hydrogen-bond donors (Lipinski definition) is 3. The Labute approximate surface area is 141 Å². The normalized spacial score (nSPS) is 14.5. The Balaban J connectivity index is 1.74. The van der Waals surface area contributed by atoms with Gasteiger partial charge in [0.2, 0.25) is 0 Å². The van der Waals surface area contributed by atoms with E-state index in [4.69, 9.17) is 9.15 Å². The zero-order valence-corrected chi connectivity index (χ0v) is 14.2. The van der Waals surface area contributed by atoms with Crippen LogP contribution in [0.25, 0.3) is 0 Å². The summed E-state index contributed by atoms with van der Waals surface area (Å²) in [5.41, 5.74) is -0.215. The van der Waals surface area contributed by atoms with Gasteiger partial charge >= 0.3 is 6.03 Å². The molecule has 2 rings (SSSR count). The second-order valence-corrected chi connectivity index (χ2v) is 6.01. The van der Waals surface area contributed by atoms with Gasteiger partial charge in [-0.3, -0.25) is 0 Å². The summed E-state index contributed by atoms with van der Waals surface area (Å²) in [6, 6.07) is 10.7. The number of ether oxygens (including phenoxy) is 1. The van der Waals surface area contributed by atoms with Gasteiger partial charge in [-0.2, -0.15) is 0 Å². The summed E-state index contributed by atoms with van der Waals surface area (Å²) in [6.07, 6.45) is 1.30. The fourth-order valence-corrected chi connectivity index (χ4v) is 2.17. The van der Waals surface area contributed by atoms with E-state index in [2.05, 4.69) is 10.6 Å². The highest BCUT2D eigenvalue weighted by Gasteiger charge is 2.26. The third kappa shape index (κ3) is 5.03. The minimum atomic E-state index is -1.26. The van der Waals surface area contributed by atoms with Crippen molar-refractivity contribution in [3.8, 4) is 5.75 Å². The first-order valence-electron chi connectivity index (χ1n) is 7.89. The lowest BCUT2D eigenvalue weighted by Crippen LogP contribution is -2.45. The molecule has 130 valence electrons. The molecule has 0 spiro atoms. The van der Waals surface area contributed by atoms with Gasteiger partial charge in [-0.05, 0) is 44.5 Å². The van der Waals surface area contributed by atoms with Crippen molar-refractivity contribution in [2.24, 2.45) is 0 Å². The minimum absolute atomic E-state index is 0.0410. The Morgan fingerprint density at radius 2 is 2.04 bits per heavy atom.